The fourth-order valence-corrected chi connectivity index (χ4v) is 1.71. The van der Waals surface area contributed by atoms with Gasteiger partial charge in [-0.15, -0.1) is 0 Å². The molecule has 0 radical (unpaired) electrons. The fourth-order valence-electron chi connectivity index (χ4n) is 1.40. The van der Waals surface area contributed by atoms with Crippen molar-refractivity contribution >= 4 is 27.4 Å². The first-order valence-electron chi connectivity index (χ1n) is 5.23. The van der Waals surface area contributed by atoms with Gasteiger partial charge in [-0.2, -0.15) is 0 Å². The second-order valence-electron chi connectivity index (χ2n) is 3.82. The summed E-state index contributed by atoms with van der Waals surface area (Å²) in [6, 6.07) is 1.44. The molecular formula is C10H15BrN4O2. The van der Waals surface area contributed by atoms with Crippen LogP contribution in [0.2, 0.25) is 0 Å². The third-order valence-electron chi connectivity index (χ3n) is 2.20. The van der Waals surface area contributed by atoms with Gasteiger partial charge in [-0.3, -0.25) is 10.1 Å². The first kappa shape index (κ1) is 13.9. The van der Waals surface area contributed by atoms with Crippen molar-refractivity contribution < 1.29 is 4.92 Å². The molecule has 0 amide bonds. The van der Waals surface area contributed by atoms with Crippen molar-refractivity contribution in [3.8, 4) is 0 Å². The maximum atomic E-state index is 10.8. The van der Waals surface area contributed by atoms with Gasteiger partial charge in [0, 0.05) is 23.3 Å². The topological polar surface area (TPSA) is 80.1 Å². The summed E-state index contributed by atoms with van der Waals surface area (Å²) in [5.41, 5.74) is -0.0176. The summed E-state index contributed by atoms with van der Waals surface area (Å²) in [5, 5.41) is 16.9. The van der Waals surface area contributed by atoms with Crippen molar-refractivity contribution in [2.24, 2.45) is 5.92 Å². The quantitative estimate of drug-likeness (QED) is 0.621. The summed E-state index contributed by atoms with van der Waals surface area (Å²) in [6.07, 6.45) is 1.54. The highest BCUT2D eigenvalue weighted by Gasteiger charge is 2.16. The predicted molar refractivity (Wildman–Crippen MR) is 70.2 cm³/mol. The molecule has 1 atom stereocenters. The van der Waals surface area contributed by atoms with Gasteiger partial charge in [-0.1, -0.05) is 6.92 Å². The van der Waals surface area contributed by atoms with Crippen LogP contribution in [-0.4, -0.2) is 30.0 Å². The van der Waals surface area contributed by atoms with Crippen LogP contribution in [0.25, 0.3) is 0 Å². The monoisotopic (exact) mass is 302 g/mol. The molecule has 0 saturated carbocycles. The number of hydrogen-bond donors (Lipinski definition) is 2. The molecule has 0 aliphatic heterocycles. The van der Waals surface area contributed by atoms with E-state index in [4.69, 9.17) is 0 Å². The average Bonchev–Trinajstić information content (AvgIpc) is 2.27. The van der Waals surface area contributed by atoms with E-state index in [1.807, 2.05) is 14.0 Å². The third kappa shape index (κ3) is 4.27. The summed E-state index contributed by atoms with van der Waals surface area (Å²) in [4.78, 5) is 14.4. The highest BCUT2D eigenvalue weighted by molar-refractivity contribution is 9.10. The maximum Gasteiger partial charge on any atom is 0.312 e. The molecule has 1 aromatic heterocycles. The van der Waals surface area contributed by atoms with Gasteiger partial charge in [0.2, 0.25) is 5.82 Å². The van der Waals surface area contributed by atoms with E-state index < -0.39 is 4.92 Å². The van der Waals surface area contributed by atoms with Gasteiger partial charge >= 0.3 is 5.69 Å². The molecule has 17 heavy (non-hydrogen) atoms. The number of halogens is 1. The Bertz CT molecular complexity index is 400. The molecule has 1 heterocycles. The normalized spacial score (nSPS) is 12.2. The third-order valence-corrected chi connectivity index (χ3v) is 2.64. The van der Waals surface area contributed by atoms with E-state index in [1.54, 1.807) is 0 Å². The Morgan fingerprint density at radius 1 is 1.59 bits per heavy atom. The van der Waals surface area contributed by atoms with Crippen LogP contribution in [0.15, 0.2) is 16.7 Å². The van der Waals surface area contributed by atoms with E-state index in [1.165, 1.54) is 12.3 Å². The van der Waals surface area contributed by atoms with Gasteiger partial charge in [0.05, 0.1) is 4.92 Å². The summed E-state index contributed by atoms with van der Waals surface area (Å²) < 4.78 is 0.595. The van der Waals surface area contributed by atoms with Gasteiger partial charge in [0.25, 0.3) is 0 Å². The zero-order chi connectivity index (χ0) is 12.8. The standard InChI is InChI=1S/C10H15BrN4O2/c1-7(4-12-2)5-13-10-9(15(16)17)3-8(11)6-14-10/h3,6-7,12H,4-5H2,1-2H3,(H,13,14). The van der Waals surface area contributed by atoms with E-state index in [-0.39, 0.29) is 5.69 Å². The minimum Gasteiger partial charge on any atom is -0.364 e. The number of nitrogens with one attached hydrogen (secondary N) is 2. The lowest BCUT2D eigenvalue weighted by molar-refractivity contribution is -0.384. The second-order valence-corrected chi connectivity index (χ2v) is 4.74. The van der Waals surface area contributed by atoms with E-state index >= 15 is 0 Å². The number of anilines is 1. The van der Waals surface area contributed by atoms with Crippen LogP contribution in [0.4, 0.5) is 11.5 Å². The molecule has 0 aromatic carbocycles. The van der Waals surface area contributed by atoms with E-state index in [0.717, 1.165) is 6.54 Å². The van der Waals surface area contributed by atoms with Crippen molar-refractivity contribution in [2.45, 2.75) is 6.92 Å². The van der Waals surface area contributed by atoms with E-state index in [0.29, 0.717) is 22.8 Å². The summed E-state index contributed by atoms with van der Waals surface area (Å²) in [5.74, 6) is 0.672. The molecule has 94 valence electrons. The number of nitro groups is 1. The van der Waals surface area contributed by atoms with Crippen LogP contribution in [-0.2, 0) is 0 Å². The minimum absolute atomic E-state index is 0.0176. The zero-order valence-corrected chi connectivity index (χ0v) is 11.3. The number of rotatable bonds is 6. The van der Waals surface area contributed by atoms with Crippen molar-refractivity contribution in [3.05, 3.63) is 26.9 Å². The van der Waals surface area contributed by atoms with Gasteiger partial charge in [-0.05, 0) is 35.4 Å². The van der Waals surface area contributed by atoms with E-state index in [2.05, 4.69) is 31.5 Å². The molecule has 1 aromatic rings. The van der Waals surface area contributed by atoms with Crippen LogP contribution in [0, 0.1) is 16.0 Å². The lowest BCUT2D eigenvalue weighted by Crippen LogP contribution is -2.23. The zero-order valence-electron chi connectivity index (χ0n) is 9.74. The number of aromatic nitrogens is 1. The highest BCUT2D eigenvalue weighted by Crippen LogP contribution is 2.25. The largest absolute Gasteiger partial charge is 0.364 e. The van der Waals surface area contributed by atoms with Gasteiger partial charge in [0.15, 0.2) is 0 Å². The lowest BCUT2D eigenvalue weighted by atomic mass is 10.2. The summed E-state index contributed by atoms with van der Waals surface area (Å²) in [7, 11) is 1.87. The molecule has 0 bridgehead atoms. The Morgan fingerprint density at radius 2 is 2.29 bits per heavy atom. The molecule has 0 aliphatic carbocycles. The first-order chi connectivity index (χ1) is 8.04. The predicted octanol–water partition coefficient (Wildman–Crippen LogP) is 2.02. The summed E-state index contributed by atoms with van der Waals surface area (Å²) >= 11 is 3.16. The lowest BCUT2D eigenvalue weighted by Gasteiger charge is -2.12. The Kier molecular flexibility index (Phi) is 5.30. The smallest absolute Gasteiger partial charge is 0.312 e. The first-order valence-corrected chi connectivity index (χ1v) is 6.02. The minimum atomic E-state index is -0.442. The van der Waals surface area contributed by atoms with Crippen LogP contribution in [0.1, 0.15) is 6.92 Å². The Morgan fingerprint density at radius 3 is 2.88 bits per heavy atom. The molecule has 0 spiro atoms. The van der Waals surface area contributed by atoms with Crippen LogP contribution in [0.5, 0.6) is 0 Å². The molecule has 1 rings (SSSR count). The molecule has 0 fully saturated rings. The van der Waals surface area contributed by atoms with Crippen LogP contribution in [0.3, 0.4) is 0 Å². The fraction of sp³-hybridized carbons (Fsp3) is 0.500. The second kappa shape index (κ2) is 6.51. The average molecular weight is 303 g/mol. The van der Waals surface area contributed by atoms with Crippen LogP contribution < -0.4 is 10.6 Å². The Labute approximate surface area is 108 Å². The summed E-state index contributed by atoms with van der Waals surface area (Å²) in [6.45, 7) is 3.53. The molecular weight excluding hydrogens is 288 g/mol. The molecule has 2 N–H and O–H groups in total. The molecule has 6 nitrogen and oxygen atoms in total. The number of nitrogens with zero attached hydrogens (tertiary/aromatic N) is 2. The SMILES string of the molecule is CNCC(C)CNc1ncc(Br)cc1[N+](=O)[O-]. The van der Waals surface area contributed by atoms with Gasteiger partial charge in [-0.25, -0.2) is 4.98 Å². The molecule has 0 saturated heterocycles. The van der Waals surface area contributed by atoms with Crippen molar-refractivity contribution in [3.63, 3.8) is 0 Å². The van der Waals surface area contributed by atoms with Crippen LogP contribution >= 0.6 is 15.9 Å². The molecule has 0 aliphatic rings. The van der Waals surface area contributed by atoms with Gasteiger partial charge < -0.3 is 10.6 Å². The van der Waals surface area contributed by atoms with E-state index in [9.17, 15) is 10.1 Å². The Balaban J connectivity index is 2.73. The van der Waals surface area contributed by atoms with Crippen molar-refractivity contribution in [1.82, 2.24) is 10.3 Å². The maximum absolute atomic E-state index is 10.8. The highest BCUT2D eigenvalue weighted by atomic mass is 79.9. The molecule has 1 unspecified atom stereocenters. The van der Waals surface area contributed by atoms with Gasteiger partial charge in [0.1, 0.15) is 0 Å². The molecule has 7 heteroatoms. The Hall–Kier alpha value is -1.21. The number of hydrogen-bond acceptors (Lipinski definition) is 5. The number of pyridine rings is 1. The van der Waals surface area contributed by atoms with Crippen molar-refractivity contribution in [2.75, 3.05) is 25.5 Å². The van der Waals surface area contributed by atoms with Crippen molar-refractivity contribution in [1.29, 1.82) is 0 Å².